The van der Waals surface area contributed by atoms with Crippen molar-refractivity contribution in [3.8, 4) is 0 Å². The maximum Gasteiger partial charge on any atom is 0.274 e. The van der Waals surface area contributed by atoms with E-state index in [-0.39, 0.29) is 17.4 Å². The van der Waals surface area contributed by atoms with E-state index in [1.807, 2.05) is 32.0 Å². The Morgan fingerprint density at radius 3 is 2.61 bits per heavy atom. The molecule has 1 amide bonds. The quantitative estimate of drug-likeness (QED) is 0.665. The Balaban J connectivity index is 1.69. The average Bonchev–Trinajstić information content (AvgIpc) is 2.66. The van der Waals surface area contributed by atoms with Crippen LogP contribution < -0.4 is 10.6 Å². The molecule has 0 aliphatic carbocycles. The van der Waals surface area contributed by atoms with E-state index in [1.54, 1.807) is 31.2 Å². The number of halogens is 1. The molecule has 3 aromatic rings. The zero-order valence-corrected chi connectivity index (χ0v) is 16.2. The summed E-state index contributed by atoms with van der Waals surface area (Å²) in [6.45, 7) is 6.23. The minimum absolute atomic E-state index is 0.233. The number of rotatable bonds is 6. The molecule has 0 fully saturated rings. The van der Waals surface area contributed by atoms with Crippen molar-refractivity contribution in [2.45, 2.75) is 27.2 Å². The van der Waals surface area contributed by atoms with Gasteiger partial charge in [0.25, 0.3) is 5.91 Å². The molecule has 0 aliphatic rings. The number of carbonyl (C=O) groups excluding carboxylic acids is 1. The lowest BCUT2D eigenvalue weighted by Gasteiger charge is -2.11. The number of aryl methyl sites for hydroxylation is 2. The fraction of sp³-hybridized carbons (Fsp3) is 0.227. The predicted octanol–water partition coefficient (Wildman–Crippen LogP) is 4.45. The summed E-state index contributed by atoms with van der Waals surface area (Å²) in [5.74, 6) is -0.179. The largest absolute Gasteiger partial charge is 0.354 e. The molecule has 1 aromatic heterocycles. The van der Waals surface area contributed by atoms with Gasteiger partial charge in [-0.2, -0.15) is 0 Å². The molecule has 5 nitrogen and oxygen atoms in total. The van der Waals surface area contributed by atoms with Crippen LogP contribution in [0.3, 0.4) is 0 Å². The molecule has 2 aromatic carbocycles. The molecular formula is C22H23FN4O. The van der Waals surface area contributed by atoms with Gasteiger partial charge in [-0.15, -0.1) is 0 Å². The van der Waals surface area contributed by atoms with Gasteiger partial charge in [0.1, 0.15) is 11.5 Å². The fourth-order valence-electron chi connectivity index (χ4n) is 2.85. The highest BCUT2D eigenvalue weighted by Gasteiger charge is 2.12. The molecule has 3 rings (SSSR count). The van der Waals surface area contributed by atoms with Gasteiger partial charge in [-0.3, -0.25) is 4.79 Å². The highest BCUT2D eigenvalue weighted by molar-refractivity contribution is 6.03. The summed E-state index contributed by atoms with van der Waals surface area (Å²) in [5.41, 5.74) is 4.46. The lowest BCUT2D eigenvalue weighted by molar-refractivity contribution is 0.102. The second-order valence-electron chi connectivity index (χ2n) is 6.69. The van der Waals surface area contributed by atoms with Crippen LogP contribution in [-0.4, -0.2) is 22.4 Å². The van der Waals surface area contributed by atoms with Crippen molar-refractivity contribution in [2.24, 2.45) is 0 Å². The van der Waals surface area contributed by atoms with E-state index >= 15 is 0 Å². The Labute approximate surface area is 164 Å². The van der Waals surface area contributed by atoms with Crippen LogP contribution in [0.5, 0.6) is 0 Å². The van der Waals surface area contributed by atoms with Crippen LogP contribution in [0.4, 0.5) is 16.0 Å². The van der Waals surface area contributed by atoms with Crippen LogP contribution in [0.15, 0.2) is 48.5 Å². The highest BCUT2D eigenvalue weighted by atomic mass is 19.1. The Hall–Kier alpha value is -3.28. The Kier molecular flexibility index (Phi) is 5.99. The second-order valence-corrected chi connectivity index (χ2v) is 6.69. The van der Waals surface area contributed by atoms with Crippen molar-refractivity contribution in [1.82, 2.24) is 9.97 Å². The van der Waals surface area contributed by atoms with E-state index in [2.05, 4.69) is 20.6 Å². The van der Waals surface area contributed by atoms with Gasteiger partial charge in [0.05, 0.1) is 0 Å². The molecule has 28 heavy (non-hydrogen) atoms. The molecule has 144 valence electrons. The van der Waals surface area contributed by atoms with Crippen molar-refractivity contribution in [1.29, 1.82) is 0 Å². The van der Waals surface area contributed by atoms with Crippen LogP contribution in [0.25, 0.3) is 0 Å². The van der Waals surface area contributed by atoms with E-state index < -0.39 is 0 Å². The van der Waals surface area contributed by atoms with Gasteiger partial charge in [-0.1, -0.05) is 30.3 Å². The minimum atomic E-state index is -0.295. The van der Waals surface area contributed by atoms with Gasteiger partial charge in [0.15, 0.2) is 0 Å². The summed E-state index contributed by atoms with van der Waals surface area (Å²) >= 11 is 0. The number of hydrogen-bond donors (Lipinski definition) is 2. The lowest BCUT2D eigenvalue weighted by atomic mass is 10.1. The molecule has 0 aliphatic heterocycles. The van der Waals surface area contributed by atoms with Crippen LogP contribution in [-0.2, 0) is 6.42 Å². The molecule has 6 heteroatoms. The van der Waals surface area contributed by atoms with Crippen LogP contribution in [0.2, 0.25) is 0 Å². The third-order valence-corrected chi connectivity index (χ3v) is 4.57. The van der Waals surface area contributed by atoms with Crippen molar-refractivity contribution >= 4 is 17.5 Å². The third kappa shape index (κ3) is 4.71. The fourth-order valence-corrected chi connectivity index (χ4v) is 2.85. The first kappa shape index (κ1) is 19.5. The number of nitrogens with one attached hydrogen (secondary N) is 2. The third-order valence-electron chi connectivity index (χ3n) is 4.57. The number of hydrogen-bond acceptors (Lipinski definition) is 4. The van der Waals surface area contributed by atoms with Crippen LogP contribution >= 0.6 is 0 Å². The van der Waals surface area contributed by atoms with Gasteiger partial charge in [0.2, 0.25) is 5.95 Å². The molecule has 0 atom stereocenters. The molecular weight excluding hydrogens is 355 g/mol. The summed E-state index contributed by atoms with van der Waals surface area (Å²) in [6.07, 6.45) is 0.494. The van der Waals surface area contributed by atoms with Crippen molar-refractivity contribution in [2.75, 3.05) is 17.2 Å². The zero-order valence-electron chi connectivity index (χ0n) is 16.2. The normalized spacial score (nSPS) is 10.6. The second kappa shape index (κ2) is 8.61. The first-order valence-corrected chi connectivity index (χ1v) is 9.14. The number of anilines is 2. The Bertz CT molecular complexity index is 1000. The van der Waals surface area contributed by atoms with Crippen LogP contribution in [0, 0.1) is 26.6 Å². The molecule has 0 unspecified atom stereocenters. The number of carbonyl (C=O) groups is 1. The van der Waals surface area contributed by atoms with Gasteiger partial charge < -0.3 is 10.6 Å². The Morgan fingerprint density at radius 1 is 1.04 bits per heavy atom. The first-order chi connectivity index (χ1) is 13.4. The number of amides is 1. The van der Waals surface area contributed by atoms with E-state index in [4.69, 9.17) is 0 Å². The summed E-state index contributed by atoms with van der Waals surface area (Å²) < 4.78 is 13.7. The molecule has 0 saturated carbocycles. The monoisotopic (exact) mass is 378 g/mol. The maximum absolute atomic E-state index is 13.7. The summed E-state index contributed by atoms with van der Waals surface area (Å²) in [6, 6.07) is 14.1. The molecule has 1 heterocycles. The number of benzene rings is 2. The van der Waals surface area contributed by atoms with E-state index in [0.29, 0.717) is 30.2 Å². The number of nitrogens with zero attached hydrogens (tertiary/aromatic N) is 2. The summed E-state index contributed by atoms with van der Waals surface area (Å²) in [4.78, 5) is 21.3. The van der Waals surface area contributed by atoms with E-state index in [9.17, 15) is 9.18 Å². The molecule has 2 N–H and O–H groups in total. The van der Waals surface area contributed by atoms with Crippen LogP contribution in [0.1, 0.15) is 32.9 Å². The Morgan fingerprint density at radius 2 is 1.82 bits per heavy atom. The molecule has 0 bridgehead atoms. The van der Waals surface area contributed by atoms with Gasteiger partial charge in [-0.25, -0.2) is 14.4 Å². The van der Waals surface area contributed by atoms with Gasteiger partial charge in [-0.05, 0) is 62.1 Å². The summed E-state index contributed by atoms with van der Waals surface area (Å²) in [5, 5.41) is 5.98. The lowest BCUT2D eigenvalue weighted by Crippen LogP contribution is -2.17. The average molecular weight is 378 g/mol. The van der Waals surface area contributed by atoms with Crippen molar-refractivity contribution in [3.05, 3.63) is 82.4 Å². The number of aromatic nitrogens is 2. The molecule has 0 radical (unpaired) electrons. The van der Waals surface area contributed by atoms with E-state index in [0.717, 1.165) is 16.8 Å². The molecule has 0 spiro atoms. The SMILES string of the molecule is Cc1cc(C(=O)Nc2cccc(C)c2C)nc(NCCc2ccccc2F)n1. The van der Waals surface area contributed by atoms with Crippen molar-refractivity contribution < 1.29 is 9.18 Å². The van der Waals surface area contributed by atoms with Gasteiger partial charge >= 0.3 is 0 Å². The summed E-state index contributed by atoms with van der Waals surface area (Å²) in [7, 11) is 0. The highest BCUT2D eigenvalue weighted by Crippen LogP contribution is 2.19. The predicted molar refractivity (Wildman–Crippen MR) is 109 cm³/mol. The van der Waals surface area contributed by atoms with E-state index in [1.165, 1.54) is 6.07 Å². The maximum atomic E-state index is 13.7. The standard InChI is InChI=1S/C22H23FN4O/c1-14-7-6-10-19(16(14)3)26-21(28)20-13-15(2)25-22(27-20)24-12-11-17-8-4-5-9-18(17)23/h4-10,13H,11-12H2,1-3H3,(H,26,28)(H,24,25,27). The van der Waals surface area contributed by atoms with Gasteiger partial charge in [0, 0.05) is 17.9 Å². The topological polar surface area (TPSA) is 66.9 Å². The molecule has 0 saturated heterocycles. The zero-order chi connectivity index (χ0) is 20.1. The van der Waals surface area contributed by atoms with Crippen molar-refractivity contribution in [3.63, 3.8) is 0 Å². The smallest absolute Gasteiger partial charge is 0.274 e. The minimum Gasteiger partial charge on any atom is -0.354 e. The first-order valence-electron chi connectivity index (χ1n) is 9.14.